The zero-order valence-corrected chi connectivity index (χ0v) is 13.3. The second-order valence-electron chi connectivity index (χ2n) is 5.65. The van der Waals surface area contributed by atoms with E-state index in [2.05, 4.69) is 5.32 Å². The molecule has 1 heterocycles. The van der Waals surface area contributed by atoms with Crippen LogP contribution >= 0.6 is 0 Å². The third-order valence-electron chi connectivity index (χ3n) is 4.21. The van der Waals surface area contributed by atoms with Crippen LogP contribution in [0.4, 0.5) is 4.39 Å². The van der Waals surface area contributed by atoms with Crippen LogP contribution in [0.15, 0.2) is 48.5 Å². The molecule has 0 fully saturated rings. The van der Waals surface area contributed by atoms with Gasteiger partial charge in [0.1, 0.15) is 11.5 Å². The number of fused-ring (bicyclic) bond motifs is 1. The fourth-order valence-corrected chi connectivity index (χ4v) is 3.00. The first kappa shape index (κ1) is 15.3. The molecule has 2 aromatic carbocycles. The second-order valence-corrected chi connectivity index (χ2v) is 5.65. The molecule has 0 saturated carbocycles. The Morgan fingerprint density at radius 2 is 1.83 bits per heavy atom. The Morgan fingerprint density at radius 1 is 1.13 bits per heavy atom. The molecule has 23 heavy (non-hydrogen) atoms. The van der Waals surface area contributed by atoms with E-state index >= 15 is 0 Å². The van der Waals surface area contributed by atoms with Gasteiger partial charge in [-0.2, -0.15) is 0 Å². The Kier molecular flexibility index (Phi) is 4.15. The standard InChI is InChI=1S/C19H19FN2O/c1-13-15-8-4-6-10-17(15)22(2)18(13)19(23)21-12-11-14-7-3-5-9-16(14)20/h3-10H,11-12H2,1-2H3,(H,21,23). The number of aryl methyl sites for hydroxylation is 2. The third-order valence-corrected chi connectivity index (χ3v) is 4.21. The van der Waals surface area contributed by atoms with Gasteiger partial charge in [-0.3, -0.25) is 4.79 Å². The van der Waals surface area contributed by atoms with Crippen LogP contribution in [-0.2, 0) is 13.5 Å². The molecule has 3 aromatic rings. The molecule has 3 rings (SSSR count). The number of amides is 1. The van der Waals surface area contributed by atoms with Crippen LogP contribution < -0.4 is 5.32 Å². The summed E-state index contributed by atoms with van der Waals surface area (Å²) in [4.78, 5) is 12.5. The van der Waals surface area contributed by atoms with Gasteiger partial charge in [-0.05, 0) is 36.6 Å². The minimum absolute atomic E-state index is 0.127. The molecular weight excluding hydrogens is 291 g/mol. The van der Waals surface area contributed by atoms with Gasteiger partial charge in [0.25, 0.3) is 5.91 Å². The number of aromatic nitrogens is 1. The second kappa shape index (κ2) is 6.24. The molecule has 0 saturated heterocycles. The van der Waals surface area contributed by atoms with Crippen LogP contribution in [0, 0.1) is 12.7 Å². The zero-order chi connectivity index (χ0) is 16.4. The van der Waals surface area contributed by atoms with Crippen molar-refractivity contribution >= 4 is 16.8 Å². The van der Waals surface area contributed by atoms with E-state index in [1.54, 1.807) is 18.2 Å². The van der Waals surface area contributed by atoms with E-state index < -0.39 is 0 Å². The van der Waals surface area contributed by atoms with Crippen molar-refractivity contribution in [2.45, 2.75) is 13.3 Å². The van der Waals surface area contributed by atoms with Crippen molar-refractivity contribution in [3.63, 3.8) is 0 Å². The minimum Gasteiger partial charge on any atom is -0.350 e. The van der Waals surface area contributed by atoms with Crippen molar-refractivity contribution < 1.29 is 9.18 Å². The van der Waals surface area contributed by atoms with Gasteiger partial charge >= 0.3 is 0 Å². The van der Waals surface area contributed by atoms with Crippen molar-refractivity contribution in [3.8, 4) is 0 Å². The molecule has 0 aliphatic heterocycles. The van der Waals surface area contributed by atoms with Gasteiger partial charge in [0.15, 0.2) is 0 Å². The summed E-state index contributed by atoms with van der Waals surface area (Å²) in [5, 5.41) is 3.97. The predicted molar refractivity (Wildman–Crippen MR) is 90.1 cm³/mol. The first-order valence-electron chi connectivity index (χ1n) is 7.65. The van der Waals surface area contributed by atoms with E-state index in [1.807, 2.05) is 42.8 Å². The summed E-state index contributed by atoms with van der Waals surface area (Å²) in [5.74, 6) is -0.361. The largest absolute Gasteiger partial charge is 0.350 e. The molecule has 0 spiro atoms. The van der Waals surface area contributed by atoms with Crippen LogP contribution in [0.3, 0.4) is 0 Å². The highest BCUT2D eigenvalue weighted by Crippen LogP contribution is 2.24. The average Bonchev–Trinajstić information content (AvgIpc) is 2.81. The van der Waals surface area contributed by atoms with Crippen molar-refractivity contribution in [1.82, 2.24) is 9.88 Å². The summed E-state index contributed by atoms with van der Waals surface area (Å²) < 4.78 is 15.5. The SMILES string of the molecule is Cc1c(C(=O)NCCc2ccccc2F)n(C)c2ccccc12. The van der Waals surface area contributed by atoms with Crippen molar-refractivity contribution in [3.05, 3.63) is 71.2 Å². The summed E-state index contributed by atoms with van der Waals surface area (Å²) in [6, 6.07) is 14.6. The molecule has 0 radical (unpaired) electrons. The number of nitrogens with one attached hydrogen (secondary N) is 1. The number of hydrogen-bond acceptors (Lipinski definition) is 1. The summed E-state index contributed by atoms with van der Waals surface area (Å²) >= 11 is 0. The summed E-state index contributed by atoms with van der Waals surface area (Å²) in [6.45, 7) is 2.36. The maximum Gasteiger partial charge on any atom is 0.268 e. The predicted octanol–water partition coefficient (Wildman–Crippen LogP) is 3.60. The van der Waals surface area contributed by atoms with E-state index in [-0.39, 0.29) is 11.7 Å². The van der Waals surface area contributed by atoms with Crippen molar-refractivity contribution in [2.24, 2.45) is 7.05 Å². The van der Waals surface area contributed by atoms with Gasteiger partial charge in [-0.15, -0.1) is 0 Å². The molecule has 118 valence electrons. The number of halogens is 1. The van der Waals surface area contributed by atoms with Gasteiger partial charge in [-0.1, -0.05) is 36.4 Å². The molecular formula is C19H19FN2O. The fraction of sp³-hybridized carbons (Fsp3) is 0.211. The van der Waals surface area contributed by atoms with Gasteiger partial charge in [0.2, 0.25) is 0 Å². The average molecular weight is 310 g/mol. The number of carbonyl (C=O) groups is 1. The quantitative estimate of drug-likeness (QED) is 0.785. The highest BCUT2D eigenvalue weighted by atomic mass is 19.1. The first-order chi connectivity index (χ1) is 11.1. The number of carbonyl (C=O) groups excluding carboxylic acids is 1. The van der Waals surface area contributed by atoms with Crippen LogP contribution in [0.25, 0.3) is 10.9 Å². The van der Waals surface area contributed by atoms with Crippen molar-refractivity contribution in [2.75, 3.05) is 6.54 Å². The van der Waals surface area contributed by atoms with Gasteiger partial charge in [-0.25, -0.2) is 4.39 Å². The molecule has 1 aromatic heterocycles. The van der Waals surface area contributed by atoms with Gasteiger partial charge in [0.05, 0.1) is 0 Å². The number of benzene rings is 2. The molecule has 0 aliphatic carbocycles. The van der Waals surface area contributed by atoms with Crippen LogP contribution in [0.5, 0.6) is 0 Å². The molecule has 1 amide bonds. The van der Waals surface area contributed by atoms with E-state index in [9.17, 15) is 9.18 Å². The topological polar surface area (TPSA) is 34.0 Å². The third kappa shape index (κ3) is 2.84. The highest BCUT2D eigenvalue weighted by Gasteiger charge is 2.17. The number of nitrogens with zero attached hydrogens (tertiary/aromatic N) is 1. The van der Waals surface area contributed by atoms with E-state index in [0.29, 0.717) is 24.2 Å². The smallest absolute Gasteiger partial charge is 0.268 e. The number of rotatable bonds is 4. The highest BCUT2D eigenvalue weighted by molar-refractivity contribution is 6.01. The lowest BCUT2D eigenvalue weighted by Gasteiger charge is -2.08. The maximum atomic E-state index is 13.6. The molecule has 3 nitrogen and oxygen atoms in total. The Morgan fingerprint density at radius 3 is 2.57 bits per heavy atom. The molecule has 0 unspecified atom stereocenters. The Balaban J connectivity index is 1.75. The monoisotopic (exact) mass is 310 g/mol. The van der Waals surface area contributed by atoms with Crippen LogP contribution in [-0.4, -0.2) is 17.0 Å². The zero-order valence-electron chi connectivity index (χ0n) is 13.3. The molecule has 1 N–H and O–H groups in total. The van der Waals surface area contributed by atoms with E-state index in [4.69, 9.17) is 0 Å². The Bertz CT molecular complexity index is 828. The Labute approximate surface area is 134 Å². The van der Waals surface area contributed by atoms with E-state index in [1.165, 1.54) is 6.07 Å². The lowest BCUT2D eigenvalue weighted by Crippen LogP contribution is -2.28. The van der Waals surface area contributed by atoms with Gasteiger partial charge < -0.3 is 9.88 Å². The lowest BCUT2D eigenvalue weighted by molar-refractivity contribution is 0.0945. The summed E-state index contributed by atoms with van der Waals surface area (Å²) in [5.41, 5.74) is 3.26. The summed E-state index contributed by atoms with van der Waals surface area (Å²) in [7, 11) is 1.89. The van der Waals surface area contributed by atoms with Crippen LogP contribution in [0.1, 0.15) is 21.6 Å². The molecule has 0 aliphatic rings. The van der Waals surface area contributed by atoms with Crippen molar-refractivity contribution in [1.29, 1.82) is 0 Å². The normalized spacial score (nSPS) is 10.9. The minimum atomic E-state index is -0.234. The molecule has 0 bridgehead atoms. The number of hydrogen-bond donors (Lipinski definition) is 1. The number of para-hydroxylation sites is 1. The lowest BCUT2D eigenvalue weighted by atomic mass is 10.1. The van der Waals surface area contributed by atoms with Gasteiger partial charge in [0, 0.05) is 24.5 Å². The maximum absolute atomic E-state index is 13.6. The fourth-order valence-electron chi connectivity index (χ4n) is 3.00. The first-order valence-corrected chi connectivity index (χ1v) is 7.65. The Hall–Kier alpha value is -2.62. The molecule has 4 heteroatoms. The summed E-state index contributed by atoms with van der Waals surface area (Å²) in [6.07, 6.45) is 0.474. The van der Waals surface area contributed by atoms with Crippen LogP contribution in [0.2, 0.25) is 0 Å². The molecule has 0 atom stereocenters. The van der Waals surface area contributed by atoms with E-state index in [0.717, 1.165) is 16.5 Å².